The highest BCUT2D eigenvalue weighted by molar-refractivity contribution is 7.98. The summed E-state index contributed by atoms with van der Waals surface area (Å²) in [6.45, 7) is 2.04. The largest absolute Gasteiger partial charge is 0.497 e. The first-order valence-corrected chi connectivity index (χ1v) is 9.62. The molecule has 0 fully saturated rings. The maximum Gasteiger partial charge on any atom is 0.226 e. The molecule has 0 saturated carbocycles. The second-order valence-corrected chi connectivity index (χ2v) is 7.15. The van der Waals surface area contributed by atoms with Gasteiger partial charge in [0.2, 0.25) is 11.0 Å². The van der Waals surface area contributed by atoms with E-state index in [0.29, 0.717) is 22.6 Å². The number of ether oxygens (including phenoxy) is 1. The van der Waals surface area contributed by atoms with E-state index in [1.807, 2.05) is 55.5 Å². The van der Waals surface area contributed by atoms with Gasteiger partial charge in [0.05, 0.1) is 12.8 Å². The van der Waals surface area contributed by atoms with E-state index in [0.717, 1.165) is 22.6 Å². The van der Waals surface area contributed by atoms with Gasteiger partial charge in [-0.2, -0.15) is 0 Å². The van der Waals surface area contributed by atoms with Crippen molar-refractivity contribution in [3.05, 3.63) is 66.1 Å². The first kappa shape index (κ1) is 18.1. The number of benzene rings is 2. The van der Waals surface area contributed by atoms with E-state index in [1.54, 1.807) is 13.4 Å². The lowest BCUT2D eigenvalue weighted by molar-refractivity contribution is 0.415. The summed E-state index contributed by atoms with van der Waals surface area (Å²) in [7, 11) is 1.63. The molecule has 0 aliphatic heterocycles. The Bertz CT molecular complexity index is 1070. The number of nitrogens with two attached hydrogens (primary N) is 1. The number of aromatic nitrogens is 4. The minimum absolute atomic E-state index is 0.563. The number of hydrogen-bond donors (Lipinski definition) is 1. The van der Waals surface area contributed by atoms with Crippen LogP contribution in [0.1, 0.15) is 11.3 Å². The van der Waals surface area contributed by atoms with Gasteiger partial charge < -0.3 is 15.0 Å². The summed E-state index contributed by atoms with van der Waals surface area (Å²) < 4.78 is 12.3. The summed E-state index contributed by atoms with van der Waals surface area (Å²) in [5.41, 5.74) is 3.80. The molecule has 0 saturated heterocycles. The molecule has 0 radical (unpaired) electrons. The van der Waals surface area contributed by atoms with Crippen LogP contribution in [0.2, 0.25) is 0 Å². The maximum absolute atomic E-state index is 6.18. The van der Waals surface area contributed by atoms with Crippen LogP contribution in [0.25, 0.3) is 22.8 Å². The molecule has 0 amide bonds. The number of oxazole rings is 1. The molecule has 2 aromatic carbocycles. The van der Waals surface area contributed by atoms with Gasteiger partial charge in [-0.25, -0.2) is 9.66 Å². The third-order valence-electron chi connectivity index (χ3n) is 4.21. The van der Waals surface area contributed by atoms with Gasteiger partial charge in [0.1, 0.15) is 12.0 Å². The number of nitrogens with zero attached hydrogens (tertiary/aromatic N) is 4. The van der Waals surface area contributed by atoms with Crippen molar-refractivity contribution in [2.45, 2.75) is 17.8 Å². The van der Waals surface area contributed by atoms with Crippen LogP contribution in [0, 0.1) is 6.92 Å². The Kier molecular flexibility index (Phi) is 5.03. The van der Waals surface area contributed by atoms with E-state index in [4.69, 9.17) is 15.0 Å². The minimum atomic E-state index is 0.563. The minimum Gasteiger partial charge on any atom is -0.497 e. The lowest BCUT2D eigenvalue weighted by atomic mass is 10.1. The predicted molar refractivity (Wildman–Crippen MR) is 108 cm³/mol. The van der Waals surface area contributed by atoms with Gasteiger partial charge in [0, 0.05) is 16.9 Å². The van der Waals surface area contributed by atoms with Crippen molar-refractivity contribution in [1.82, 2.24) is 19.9 Å². The quantitative estimate of drug-likeness (QED) is 0.392. The molecule has 142 valence electrons. The van der Waals surface area contributed by atoms with Gasteiger partial charge in [-0.1, -0.05) is 41.6 Å². The zero-order valence-electron chi connectivity index (χ0n) is 15.5. The lowest BCUT2D eigenvalue weighted by Gasteiger charge is -2.03. The van der Waals surface area contributed by atoms with Crippen LogP contribution in [0.5, 0.6) is 5.75 Å². The molecule has 0 spiro atoms. The monoisotopic (exact) mass is 393 g/mol. The Balaban J connectivity index is 1.45. The van der Waals surface area contributed by atoms with Gasteiger partial charge >= 0.3 is 0 Å². The van der Waals surface area contributed by atoms with E-state index in [2.05, 4.69) is 15.2 Å². The number of methoxy groups -OCH3 is 1. The normalized spacial score (nSPS) is 10.9. The zero-order valence-corrected chi connectivity index (χ0v) is 16.3. The molecule has 7 nitrogen and oxygen atoms in total. The van der Waals surface area contributed by atoms with Crippen molar-refractivity contribution in [3.63, 3.8) is 0 Å². The molecule has 4 rings (SSSR count). The van der Waals surface area contributed by atoms with Gasteiger partial charge in [-0.05, 0) is 31.2 Å². The summed E-state index contributed by atoms with van der Waals surface area (Å²) in [5, 5.41) is 9.02. The Labute approximate surface area is 166 Å². The van der Waals surface area contributed by atoms with E-state index in [9.17, 15) is 0 Å². The summed E-state index contributed by atoms with van der Waals surface area (Å²) in [6.07, 6.45) is 1.64. The lowest BCUT2D eigenvalue weighted by Crippen LogP contribution is -2.11. The molecule has 0 aliphatic carbocycles. The van der Waals surface area contributed by atoms with Crippen LogP contribution >= 0.6 is 11.8 Å². The summed E-state index contributed by atoms with van der Waals surface area (Å²) in [6, 6.07) is 15.6. The van der Waals surface area contributed by atoms with Gasteiger partial charge in [-0.15, -0.1) is 10.2 Å². The SMILES string of the molecule is COc1ccc(-c2nc(CSc3nnc(-c4ccc(C)cc4)n3N)co2)cc1. The number of aryl methyl sites for hydroxylation is 1. The molecule has 2 N–H and O–H groups in total. The van der Waals surface area contributed by atoms with Crippen LogP contribution in [0.4, 0.5) is 0 Å². The molecule has 0 aliphatic rings. The van der Waals surface area contributed by atoms with Crippen molar-refractivity contribution in [3.8, 4) is 28.6 Å². The number of rotatable bonds is 6. The van der Waals surface area contributed by atoms with Crippen molar-refractivity contribution in [1.29, 1.82) is 0 Å². The zero-order chi connectivity index (χ0) is 19.5. The molecule has 2 heterocycles. The molecule has 2 aromatic heterocycles. The molecule has 0 atom stereocenters. The highest BCUT2D eigenvalue weighted by Gasteiger charge is 2.14. The molecular formula is C20H19N5O2S. The van der Waals surface area contributed by atoms with E-state index in [-0.39, 0.29) is 0 Å². The topological polar surface area (TPSA) is 92.0 Å². The molecule has 0 unspecified atom stereocenters. The summed E-state index contributed by atoms with van der Waals surface area (Å²) >= 11 is 1.46. The van der Waals surface area contributed by atoms with Crippen molar-refractivity contribution >= 4 is 11.8 Å². The number of thioether (sulfide) groups is 1. The van der Waals surface area contributed by atoms with E-state index in [1.165, 1.54) is 22.0 Å². The smallest absolute Gasteiger partial charge is 0.226 e. The third-order valence-corrected chi connectivity index (χ3v) is 5.19. The fraction of sp³-hybridized carbons (Fsp3) is 0.150. The third kappa shape index (κ3) is 3.72. The van der Waals surface area contributed by atoms with Crippen LogP contribution in [-0.2, 0) is 5.75 Å². The average Bonchev–Trinajstić information content (AvgIpc) is 3.34. The average molecular weight is 393 g/mol. The van der Waals surface area contributed by atoms with Gasteiger partial charge in [-0.3, -0.25) is 0 Å². The van der Waals surface area contributed by atoms with Gasteiger partial charge in [0.25, 0.3) is 0 Å². The summed E-state index contributed by atoms with van der Waals surface area (Å²) in [5.74, 6) is 8.73. The fourth-order valence-corrected chi connectivity index (χ4v) is 3.39. The second kappa shape index (κ2) is 7.77. The van der Waals surface area contributed by atoms with Crippen molar-refractivity contribution in [2.75, 3.05) is 13.0 Å². The molecule has 0 bridgehead atoms. The Morgan fingerprint density at radius 2 is 1.75 bits per heavy atom. The Morgan fingerprint density at radius 3 is 2.46 bits per heavy atom. The predicted octanol–water partition coefficient (Wildman–Crippen LogP) is 3.92. The number of nitrogen functional groups attached to an aromatic ring is 1. The van der Waals surface area contributed by atoms with Crippen LogP contribution in [-0.4, -0.2) is 27.0 Å². The maximum atomic E-state index is 6.18. The van der Waals surface area contributed by atoms with Crippen molar-refractivity contribution < 1.29 is 9.15 Å². The first-order chi connectivity index (χ1) is 13.6. The Morgan fingerprint density at radius 1 is 1.04 bits per heavy atom. The highest BCUT2D eigenvalue weighted by Crippen LogP contribution is 2.26. The van der Waals surface area contributed by atoms with Crippen LogP contribution in [0.3, 0.4) is 0 Å². The summed E-state index contributed by atoms with van der Waals surface area (Å²) in [4.78, 5) is 4.53. The first-order valence-electron chi connectivity index (χ1n) is 8.63. The number of hydrogen-bond acceptors (Lipinski definition) is 7. The molecule has 4 aromatic rings. The van der Waals surface area contributed by atoms with Crippen molar-refractivity contribution in [2.24, 2.45) is 0 Å². The molecule has 8 heteroatoms. The standard InChI is InChI=1S/C20H19N5O2S/c1-13-3-5-14(6-4-13)18-23-24-20(25(18)21)28-12-16-11-27-19(22-16)15-7-9-17(26-2)10-8-15/h3-11H,12,21H2,1-2H3. The van der Waals surface area contributed by atoms with E-state index >= 15 is 0 Å². The van der Waals surface area contributed by atoms with E-state index < -0.39 is 0 Å². The molecular weight excluding hydrogens is 374 g/mol. The van der Waals surface area contributed by atoms with Crippen LogP contribution < -0.4 is 10.6 Å². The van der Waals surface area contributed by atoms with Gasteiger partial charge in [0.15, 0.2) is 5.82 Å². The molecule has 28 heavy (non-hydrogen) atoms. The van der Waals surface area contributed by atoms with Crippen LogP contribution in [0.15, 0.2) is 64.4 Å². The second-order valence-electron chi connectivity index (χ2n) is 6.20. The highest BCUT2D eigenvalue weighted by atomic mass is 32.2. The Hall–Kier alpha value is -3.26. The fourth-order valence-electron chi connectivity index (χ4n) is 2.65.